The summed E-state index contributed by atoms with van der Waals surface area (Å²) >= 11 is 1.25. The fourth-order valence-corrected chi connectivity index (χ4v) is 5.48. The monoisotopic (exact) mass is 431 g/mol. The molecule has 1 amide bonds. The van der Waals surface area contributed by atoms with Crippen molar-refractivity contribution in [3.63, 3.8) is 0 Å². The number of halogens is 1. The molecule has 0 spiro atoms. The van der Waals surface area contributed by atoms with Gasteiger partial charge in [-0.3, -0.25) is 4.79 Å². The first-order valence-electron chi connectivity index (χ1n) is 8.51. The molecule has 2 aromatic rings. The Morgan fingerprint density at radius 2 is 1.81 bits per heavy atom. The van der Waals surface area contributed by atoms with Crippen molar-refractivity contribution in [2.75, 3.05) is 26.2 Å². The zero-order valence-electron chi connectivity index (χ0n) is 15.3. The van der Waals surface area contributed by atoms with E-state index in [0.717, 1.165) is 10.4 Å². The second-order valence-corrected chi connectivity index (χ2v) is 9.22. The minimum Gasteiger partial charge on any atom is -0.356 e. The highest BCUT2D eigenvalue weighted by atomic mass is 35.5. The van der Waals surface area contributed by atoms with Crippen LogP contribution in [0.25, 0.3) is 0 Å². The summed E-state index contributed by atoms with van der Waals surface area (Å²) in [5, 5.41) is 2.71. The van der Waals surface area contributed by atoms with Crippen LogP contribution < -0.4 is 11.1 Å². The maximum absolute atomic E-state index is 12.9. The number of hydrogen-bond donors (Lipinski definition) is 2. The average molecular weight is 432 g/mol. The van der Waals surface area contributed by atoms with Gasteiger partial charge in [0.1, 0.15) is 4.21 Å². The molecule has 27 heavy (non-hydrogen) atoms. The standard InChI is InChI=1S/C18H25N3O3S2.ClH/c1-15(22)20-12-9-17-7-8-18(25-17)26(23,24)21(14-11-19)13-10-16-5-3-2-4-6-16;/h2-8H,9-14,19H2,1H3,(H,20,22);1H. The van der Waals surface area contributed by atoms with Crippen LogP contribution in [-0.2, 0) is 27.7 Å². The minimum absolute atomic E-state index is 0. The van der Waals surface area contributed by atoms with Crippen LogP contribution in [0.15, 0.2) is 46.7 Å². The van der Waals surface area contributed by atoms with Crippen molar-refractivity contribution in [1.29, 1.82) is 0 Å². The molecule has 9 heteroatoms. The van der Waals surface area contributed by atoms with E-state index in [9.17, 15) is 13.2 Å². The van der Waals surface area contributed by atoms with Crippen LogP contribution in [0, 0.1) is 0 Å². The quantitative estimate of drug-likeness (QED) is 0.602. The van der Waals surface area contributed by atoms with Gasteiger partial charge in [-0.2, -0.15) is 4.31 Å². The highest BCUT2D eigenvalue weighted by Gasteiger charge is 2.25. The predicted octanol–water partition coefficient (Wildman–Crippen LogP) is 2.04. The number of nitrogens with two attached hydrogens (primary N) is 1. The largest absolute Gasteiger partial charge is 0.356 e. The molecule has 0 bridgehead atoms. The van der Waals surface area contributed by atoms with Crippen LogP contribution in [-0.4, -0.2) is 44.8 Å². The van der Waals surface area contributed by atoms with E-state index in [2.05, 4.69) is 5.32 Å². The lowest BCUT2D eigenvalue weighted by Gasteiger charge is -2.20. The second-order valence-electron chi connectivity index (χ2n) is 5.88. The Balaban J connectivity index is 0.00000364. The number of amides is 1. The fraction of sp³-hybridized carbons (Fsp3) is 0.389. The van der Waals surface area contributed by atoms with E-state index >= 15 is 0 Å². The topological polar surface area (TPSA) is 92.5 Å². The molecule has 1 aromatic heterocycles. The smallest absolute Gasteiger partial charge is 0.252 e. The summed E-state index contributed by atoms with van der Waals surface area (Å²) in [5.74, 6) is -0.0931. The van der Waals surface area contributed by atoms with Crippen molar-refractivity contribution in [2.45, 2.75) is 24.0 Å². The minimum atomic E-state index is -3.57. The summed E-state index contributed by atoms with van der Waals surface area (Å²) in [7, 11) is -3.57. The molecule has 1 aromatic carbocycles. The van der Waals surface area contributed by atoms with Crippen molar-refractivity contribution in [1.82, 2.24) is 9.62 Å². The zero-order chi connectivity index (χ0) is 19.0. The summed E-state index contributed by atoms with van der Waals surface area (Å²) in [6, 6.07) is 13.2. The first kappa shape index (κ1) is 23.6. The van der Waals surface area contributed by atoms with Crippen molar-refractivity contribution in [2.24, 2.45) is 5.73 Å². The number of carbonyl (C=O) groups is 1. The number of nitrogens with zero attached hydrogens (tertiary/aromatic N) is 1. The number of sulfonamides is 1. The summed E-state index contributed by atoms with van der Waals surface area (Å²) in [6.07, 6.45) is 1.25. The van der Waals surface area contributed by atoms with Gasteiger partial charge in [-0.15, -0.1) is 23.7 Å². The normalized spacial score (nSPS) is 11.2. The van der Waals surface area contributed by atoms with E-state index in [1.807, 2.05) is 30.3 Å². The molecule has 6 nitrogen and oxygen atoms in total. The number of nitrogens with one attached hydrogen (secondary N) is 1. The molecule has 0 atom stereocenters. The number of benzene rings is 1. The van der Waals surface area contributed by atoms with Gasteiger partial charge in [0.25, 0.3) is 10.0 Å². The highest BCUT2D eigenvalue weighted by molar-refractivity contribution is 7.91. The maximum Gasteiger partial charge on any atom is 0.252 e. The predicted molar refractivity (Wildman–Crippen MR) is 112 cm³/mol. The summed E-state index contributed by atoms with van der Waals surface area (Å²) in [6.45, 7) is 2.91. The molecule has 3 N–H and O–H groups in total. The first-order chi connectivity index (χ1) is 12.4. The Morgan fingerprint density at radius 3 is 2.44 bits per heavy atom. The van der Waals surface area contributed by atoms with Gasteiger partial charge in [-0.1, -0.05) is 30.3 Å². The van der Waals surface area contributed by atoms with E-state index < -0.39 is 10.0 Å². The van der Waals surface area contributed by atoms with E-state index in [1.54, 1.807) is 12.1 Å². The second kappa shape index (κ2) is 11.4. The van der Waals surface area contributed by atoms with Gasteiger partial charge in [0.2, 0.25) is 5.91 Å². The fourth-order valence-electron chi connectivity index (χ4n) is 2.51. The van der Waals surface area contributed by atoms with Gasteiger partial charge in [0.15, 0.2) is 0 Å². The van der Waals surface area contributed by atoms with Crippen LogP contribution >= 0.6 is 23.7 Å². The van der Waals surface area contributed by atoms with Gasteiger partial charge in [0.05, 0.1) is 0 Å². The van der Waals surface area contributed by atoms with Crippen molar-refractivity contribution in [3.8, 4) is 0 Å². The average Bonchev–Trinajstić information content (AvgIpc) is 3.09. The molecule has 0 saturated heterocycles. The van der Waals surface area contributed by atoms with Crippen LogP contribution in [0.3, 0.4) is 0 Å². The van der Waals surface area contributed by atoms with Crippen molar-refractivity contribution < 1.29 is 13.2 Å². The van der Waals surface area contributed by atoms with Crippen LogP contribution in [0.5, 0.6) is 0 Å². The lowest BCUT2D eigenvalue weighted by Crippen LogP contribution is -2.36. The van der Waals surface area contributed by atoms with Crippen molar-refractivity contribution >= 4 is 39.7 Å². The number of thiophene rings is 1. The third-order valence-electron chi connectivity index (χ3n) is 3.85. The van der Waals surface area contributed by atoms with E-state index in [1.165, 1.54) is 22.6 Å². The van der Waals surface area contributed by atoms with E-state index in [0.29, 0.717) is 30.1 Å². The Kier molecular flexibility index (Phi) is 9.97. The highest BCUT2D eigenvalue weighted by Crippen LogP contribution is 2.25. The third kappa shape index (κ3) is 7.23. The van der Waals surface area contributed by atoms with Crippen molar-refractivity contribution in [3.05, 3.63) is 52.9 Å². The molecular weight excluding hydrogens is 406 g/mol. The van der Waals surface area contributed by atoms with Gasteiger partial charge >= 0.3 is 0 Å². The molecule has 0 fully saturated rings. The molecule has 0 aliphatic heterocycles. The first-order valence-corrected chi connectivity index (χ1v) is 10.8. The van der Waals surface area contributed by atoms with Gasteiger partial charge < -0.3 is 11.1 Å². The Hall–Kier alpha value is -1.45. The summed E-state index contributed by atoms with van der Waals surface area (Å²) in [4.78, 5) is 11.9. The van der Waals surface area contributed by atoms with Gasteiger partial charge in [-0.05, 0) is 30.5 Å². The molecule has 0 aliphatic carbocycles. The number of carbonyl (C=O) groups excluding carboxylic acids is 1. The molecule has 2 rings (SSSR count). The lowest BCUT2D eigenvalue weighted by molar-refractivity contribution is -0.118. The Morgan fingerprint density at radius 1 is 1.11 bits per heavy atom. The molecule has 0 unspecified atom stereocenters. The Labute approximate surface area is 171 Å². The summed E-state index contributed by atoms with van der Waals surface area (Å²) in [5.41, 5.74) is 6.72. The number of rotatable bonds is 10. The SMILES string of the molecule is CC(=O)NCCc1ccc(S(=O)(=O)N(CCN)CCc2ccccc2)s1.Cl. The number of hydrogen-bond acceptors (Lipinski definition) is 5. The summed E-state index contributed by atoms with van der Waals surface area (Å²) < 4.78 is 27.7. The maximum atomic E-state index is 12.9. The van der Waals surface area contributed by atoms with E-state index in [-0.39, 0.29) is 31.4 Å². The molecule has 0 saturated carbocycles. The van der Waals surface area contributed by atoms with Crippen LogP contribution in [0.1, 0.15) is 17.4 Å². The lowest BCUT2D eigenvalue weighted by atomic mass is 10.1. The molecule has 0 aliphatic rings. The molecule has 150 valence electrons. The molecule has 0 radical (unpaired) electrons. The van der Waals surface area contributed by atoms with Crippen LogP contribution in [0.2, 0.25) is 0 Å². The Bertz CT molecular complexity index is 810. The molecular formula is C18H26ClN3O3S2. The zero-order valence-corrected chi connectivity index (χ0v) is 17.7. The van der Waals surface area contributed by atoms with Gasteiger partial charge in [-0.25, -0.2) is 8.42 Å². The van der Waals surface area contributed by atoms with E-state index in [4.69, 9.17) is 5.73 Å². The van der Waals surface area contributed by atoms with Gasteiger partial charge in [0, 0.05) is 38.0 Å². The van der Waals surface area contributed by atoms with Crippen LogP contribution in [0.4, 0.5) is 0 Å². The molecule has 1 heterocycles. The third-order valence-corrected chi connectivity index (χ3v) is 7.36.